The molecule has 1 aliphatic heterocycles. The van der Waals surface area contributed by atoms with Crippen molar-refractivity contribution in [2.75, 3.05) is 4.90 Å². The normalized spacial score (nSPS) is 16.4. The number of anilines is 1. The molecule has 0 fully saturated rings. The van der Waals surface area contributed by atoms with Gasteiger partial charge in [-0.15, -0.1) is 0 Å². The first-order chi connectivity index (χ1) is 11.2. The summed E-state index contributed by atoms with van der Waals surface area (Å²) in [5, 5.41) is 0. The molecule has 4 heteroatoms. The summed E-state index contributed by atoms with van der Waals surface area (Å²) in [4.78, 5) is 18.9. The van der Waals surface area contributed by atoms with Gasteiger partial charge in [-0.3, -0.25) is 4.79 Å². The molecule has 1 amide bonds. The van der Waals surface area contributed by atoms with E-state index in [0.717, 1.165) is 17.7 Å². The van der Waals surface area contributed by atoms with Crippen LogP contribution in [0.5, 0.6) is 0 Å². The largest absolute Gasteiger partial charge is 0.431 e. The van der Waals surface area contributed by atoms with E-state index in [1.807, 2.05) is 55.5 Å². The van der Waals surface area contributed by atoms with Gasteiger partial charge in [0.25, 0.3) is 5.91 Å². The number of fused-ring (bicyclic) bond motifs is 1. The molecule has 0 saturated heterocycles. The highest BCUT2D eigenvalue weighted by Crippen LogP contribution is 2.33. The van der Waals surface area contributed by atoms with Crippen molar-refractivity contribution >= 4 is 11.6 Å². The second-order valence-corrected chi connectivity index (χ2v) is 5.75. The zero-order valence-corrected chi connectivity index (χ0v) is 12.8. The molecule has 1 unspecified atom stereocenters. The summed E-state index contributed by atoms with van der Waals surface area (Å²) in [6, 6.07) is 17.7. The third-order valence-corrected chi connectivity index (χ3v) is 4.16. The molecule has 0 aliphatic carbocycles. The number of benzene rings is 2. The molecule has 2 aromatic carbocycles. The average Bonchev–Trinajstić information content (AvgIpc) is 3.19. The zero-order valence-electron chi connectivity index (χ0n) is 12.8. The number of nitrogens with zero attached hydrogens (tertiary/aromatic N) is 2. The van der Waals surface area contributed by atoms with Gasteiger partial charge in [-0.1, -0.05) is 36.4 Å². The van der Waals surface area contributed by atoms with Crippen LogP contribution >= 0.6 is 0 Å². The van der Waals surface area contributed by atoms with Gasteiger partial charge in [0.2, 0.25) is 11.7 Å². The summed E-state index contributed by atoms with van der Waals surface area (Å²) in [7, 11) is 0. The summed E-state index contributed by atoms with van der Waals surface area (Å²) in [5.41, 5.74) is 3.01. The Morgan fingerprint density at radius 3 is 2.70 bits per heavy atom. The number of carbonyl (C=O) groups is 1. The standard InChI is InChI=1S/C19H16N2O2/c1-13-11-15-9-5-6-10-16(15)21(13)19(22)17-12-20-18(23-17)14-7-3-2-4-8-14/h2-10,12-13H,11H2,1H3. The molecule has 0 bridgehead atoms. The molecule has 2 heterocycles. The van der Waals surface area contributed by atoms with Crippen LogP contribution in [0, 0.1) is 0 Å². The molecule has 0 N–H and O–H groups in total. The Morgan fingerprint density at radius 1 is 1.13 bits per heavy atom. The Morgan fingerprint density at radius 2 is 1.87 bits per heavy atom. The van der Waals surface area contributed by atoms with E-state index in [1.165, 1.54) is 11.8 Å². The fourth-order valence-corrected chi connectivity index (χ4v) is 3.08. The lowest BCUT2D eigenvalue weighted by molar-refractivity contribution is 0.0955. The van der Waals surface area contributed by atoms with Crippen LogP contribution in [-0.4, -0.2) is 16.9 Å². The van der Waals surface area contributed by atoms with Crippen molar-refractivity contribution in [2.24, 2.45) is 0 Å². The first kappa shape index (κ1) is 13.8. The van der Waals surface area contributed by atoms with Gasteiger partial charge in [-0.2, -0.15) is 0 Å². The maximum absolute atomic E-state index is 12.9. The number of rotatable bonds is 2. The predicted molar refractivity (Wildman–Crippen MR) is 88.4 cm³/mol. The summed E-state index contributed by atoms with van der Waals surface area (Å²) in [6.07, 6.45) is 2.37. The topological polar surface area (TPSA) is 46.3 Å². The molecule has 1 atom stereocenters. The van der Waals surface area contributed by atoms with Gasteiger partial charge in [-0.25, -0.2) is 4.98 Å². The van der Waals surface area contributed by atoms with Gasteiger partial charge < -0.3 is 9.32 Å². The lowest BCUT2D eigenvalue weighted by Crippen LogP contribution is -2.35. The van der Waals surface area contributed by atoms with Gasteiger partial charge >= 0.3 is 0 Å². The van der Waals surface area contributed by atoms with E-state index in [1.54, 1.807) is 4.90 Å². The van der Waals surface area contributed by atoms with E-state index in [9.17, 15) is 4.79 Å². The van der Waals surface area contributed by atoms with E-state index < -0.39 is 0 Å². The molecule has 4 rings (SSSR count). The highest BCUT2D eigenvalue weighted by molar-refractivity contribution is 6.06. The lowest BCUT2D eigenvalue weighted by atomic mass is 10.1. The summed E-state index contributed by atoms with van der Waals surface area (Å²) in [6.45, 7) is 2.05. The molecule has 0 radical (unpaired) electrons. The molecule has 0 spiro atoms. The fourth-order valence-electron chi connectivity index (χ4n) is 3.08. The first-order valence-corrected chi connectivity index (χ1v) is 7.67. The van der Waals surface area contributed by atoms with Crippen LogP contribution in [0.2, 0.25) is 0 Å². The highest BCUT2D eigenvalue weighted by Gasteiger charge is 2.33. The Bertz CT molecular complexity index is 855. The Labute approximate surface area is 134 Å². The molecular formula is C19H16N2O2. The number of hydrogen-bond donors (Lipinski definition) is 0. The molecule has 23 heavy (non-hydrogen) atoms. The van der Waals surface area contributed by atoms with Crippen LogP contribution in [0.15, 0.2) is 65.2 Å². The van der Waals surface area contributed by atoms with Gasteiger partial charge in [0.1, 0.15) is 0 Å². The van der Waals surface area contributed by atoms with Crippen LogP contribution in [0.1, 0.15) is 23.0 Å². The van der Waals surface area contributed by atoms with Gasteiger partial charge in [-0.05, 0) is 37.1 Å². The van der Waals surface area contributed by atoms with E-state index in [-0.39, 0.29) is 17.7 Å². The number of para-hydroxylation sites is 1. The van der Waals surface area contributed by atoms with Crippen LogP contribution in [0.3, 0.4) is 0 Å². The van der Waals surface area contributed by atoms with Crippen LogP contribution < -0.4 is 4.90 Å². The zero-order chi connectivity index (χ0) is 15.8. The van der Waals surface area contributed by atoms with E-state index >= 15 is 0 Å². The van der Waals surface area contributed by atoms with Gasteiger partial charge in [0.05, 0.1) is 6.20 Å². The molecular weight excluding hydrogens is 288 g/mol. The monoisotopic (exact) mass is 304 g/mol. The third kappa shape index (κ3) is 2.32. The second kappa shape index (κ2) is 5.39. The molecule has 1 aromatic heterocycles. The van der Waals surface area contributed by atoms with E-state index in [4.69, 9.17) is 4.42 Å². The number of hydrogen-bond acceptors (Lipinski definition) is 3. The van der Waals surface area contributed by atoms with Crippen molar-refractivity contribution in [3.8, 4) is 11.5 Å². The Hall–Kier alpha value is -2.88. The minimum Gasteiger partial charge on any atom is -0.431 e. The van der Waals surface area contributed by atoms with E-state index in [2.05, 4.69) is 11.1 Å². The van der Waals surface area contributed by atoms with Crippen molar-refractivity contribution in [1.29, 1.82) is 0 Å². The van der Waals surface area contributed by atoms with E-state index in [0.29, 0.717) is 5.89 Å². The summed E-state index contributed by atoms with van der Waals surface area (Å²) >= 11 is 0. The molecule has 4 nitrogen and oxygen atoms in total. The first-order valence-electron chi connectivity index (χ1n) is 7.67. The minimum absolute atomic E-state index is 0.116. The SMILES string of the molecule is CC1Cc2ccccc2N1C(=O)c1cnc(-c2ccccc2)o1. The molecule has 0 saturated carbocycles. The summed E-state index contributed by atoms with van der Waals surface area (Å²) < 4.78 is 5.70. The van der Waals surface area contributed by atoms with Gasteiger partial charge in [0, 0.05) is 17.3 Å². The fraction of sp³-hybridized carbons (Fsp3) is 0.158. The minimum atomic E-state index is -0.142. The van der Waals surface area contributed by atoms with Crippen molar-refractivity contribution < 1.29 is 9.21 Å². The van der Waals surface area contributed by atoms with Gasteiger partial charge in [0.15, 0.2) is 0 Å². The van der Waals surface area contributed by atoms with Crippen LogP contribution in [-0.2, 0) is 6.42 Å². The second-order valence-electron chi connectivity index (χ2n) is 5.75. The van der Waals surface area contributed by atoms with Crippen molar-refractivity contribution in [3.63, 3.8) is 0 Å². The van der Waals surface area contributed by atoms with Crippen molar-refractivity contribution in [3.05, 3.63) is 72.1 Å². The third-order valence-electron chi connectivity index (χ3n) is 4.16. The van der Waals surface area contributed by atoms with Crippen LogP contribution in [0.25, 0.3) is 11.5 Å². The highest BCUT2D eigenvalue weighted by atomic mass is 16.4. The number of aromatic nitrogens is 1. The quantitative estimate of drug-likeness (QED) is 0.720. The number of oxazole rings is 1. The smallest absolute Gasteiger partial charge is 0.295 e. The predicted octanol–water partition coefficient (Wildman–Crippen LogP) is 3.93. The number of carbonyl (C=O) groups excluding carboxylic acids is 1. The lowest BCUT2D eigenvalue weighted by Gasteiger charge is -2.21. The molecule has 114 valence electrons. The average molecular weight is 304 g/mol. The maximum atomic E-state index is 12.9. The molecule has 1 aliphatic rings. The Balaban J connectivity index is 1.67. The van der Waals surface area contributed by atoms with Crippen molar-refractivity contribution in [2.45, 2.75) is 19.4 Å². The molecule has 3 aromatic rings. The maximum Gasteiger partial charge on any atom is 0.295 e. The Kier molecular flexibility index (Phi) is 3.23. The summed E-state index contributed by atoms with van der Waals surface area (Å²) in [5.74, 6) is 0.596. The van der Waals surface area contributed by atoms with Crippen LogP contribution in [0.4, 0.5) is 5.69 Å². The van der Waals surface area contributed by atoms with Crippen molar-refractivity contribution in [1.82, 2.24) is 4.98 Å². The number of amides is 1.